The monoisotopic (exact) mass is 374 g/mol. The largest absolute Gasteiger partial charge is 0.378 e. The van der Waals surface area contributed by atoms with E-state index in [9.17, 15) is 4.79 Å². The van der Waals surface area contributed by atoms with Gasteiger partial charge in [0.25, 0.3) is 0 Å². The zero-order valence-corrected chi connectivity index (χ0v) is 14.4. The van der Waals surface area contributed by atoms with Crippen LogP contribution in [-0.4, -0.2) is 32.2 Å². The maximum Gasteiger partial charge on any atom is 0.228 e. The minimum Gasteiger partial charge on any atom is -0.378 e. The molecule has 1 amide bonds. The van der Waals surface area contributed by atoms with E-state index < -0.39 is 0 Å². The summed E-state index contributed by atoms with van der Waals surface area (Å²) in [7, 11) is 0. The molecule has 5 heteroatoms. The van der Waals surface area contributed by atoms with Crippen molar-refractivity contribution in [1.29, 1.82) is 0 Å². The van der Waals surface area contributed by atoms with Gasteiger partial charge in [0.05, 0.1) is 25.3 Å². The summed E-state index contributed by atoms with van der Waals surface area (Å²) < 4.78 is 6.36. The molecule has 0 aliphatic carbocycles. The third-order valence-electron chi connectivity index (χ3n) is 3.79. The van der Waals surface area contributed by atoms with Gasteiger partial charge in [0.15, 0.2) is 0 Å². The molecule has 0 radical (unpaired) electrons. The topological polar surface area (TPSA) is 41.6 Å². The van der Waals surface area contributed by atoms with E-state index in [0.29, 0.717) is 6.42 Å². The highest BCUT2D eigenvalue weighted by atomic mass is 79.9. The molecular weight excluding hydrogens is 356 g/mol. The van der Waals surface area contributed by atoms with E-state index in [1.54, 1.807) is 0 Å². The highest BCUT2D eigenvalue weighted by Gasteiger charge is 2.14. The van der Waals surface area contributed by atoms with Crippen molar-refractivity contribution < 1.29 is 9.53 Å². The van der Waals surface area contributed by atoms with Gasteiger partial charge >= 0.3 is 0 Å². The third-order valence-corrected chi connectivity index (χ3v) is 4.43. The summed E-state index contributed by atoms with van der Waals surface area (Å²) in [5.74, 6) is -0.0118. The molecular formula is C18H19BrN2O2. The Kier molecular flexibility index (Phi) is 5.31. The second-order valence-corrected chi connectivity index (χ2v) is 6.33. The van der Waals surface area contributed by atoms with Crippen LogP contribution in [-0.2, 0) is 16.0 Å². The van der Waals surface area contributed by atoms with Gasteiger partial charge in [-0.2, -0.15) is 0 Å². The molecule has 0 unspecified atom stereocenters. The van der Waals surface area contributed by atoms with Crippen LogP contribution in [0.1, 0.15) is 5.56 Å². The molecule has 1 aliphatic rings. The van der Waals surface area contributed by atoms with Crippen LogP contribution in [0.5, 0.6) is 0 Å². The Morgan fingerprint density at radius 2 is 1.87 bits per heavy atom. The highest BCUT2D eigenvalue weighted by molar-refractivity contribution is 9.10. The van der Waals surface area contributed by atoms with Crippen molar-refractivity contribution in [3.63, 3.8) is 0 Å². The summed E-state index contributed by atoms with van der Waals surface area (Å²) in [4.78, 5) is 14.4. The number of nitrogens with one attached hydrogen (secondary N) is 1. The first-order chi connectivity index (χ1) is 11.2. The molecule has 1 fully saturated rings. The van der Waals surface area contributed by atoms with E-state index in [-0.39, 0.29) is 5.91 Å². The number of benzene rings is 2. The predicted octanol–water partition coefficient (Wildman–Crippen LogP) is 3.47. The number of anilines is 2. The van der Waals surface area contributed by atoms with Crippen LogP contribution in [0.2, 0.25) is 0 Å². The van der Waals surface area contributed by atoms with Crippen LogP contribution in [0, 0.1) is 0 Å². The molecule has 2 aromatic rings. The molecule has 1 N–H and O–H groups in total. The summed E-state index contributed by atoms with van der Waals surface area (Å²) in [6, 6.07) is 15.7. The Morgan fingerprint density at radius 1 is 1.13 bits per heavy atom. The second kappa shape index (κ2) is 7.62. The maximum atomic E-state index is 12.1. The molecule has 0 spiro atoms. The minimum atomic E-state index is -0.0118. The van der Waals surface area contributed by atoms with Crippen molar-refractivity contribution in [3.8, 4) is 0 Å². The molecule has 120 valence electrons. The number of carbonyl (C=O) groups excluding carboxylic acids is 1. The second-order valence-electron chi connectivity index (χ2n) is 5.48. The number of nitrogens with zero attached hydrogens (tertiary/aromatic N) is 1. The van der Waals surface area contributed by atoms with Crippen molar-refractivity contribution in [2.45, 2.75) is 6.42 Å². The fourth-order valence-corrected chi connectivity index (χ4v) is 3.26. The Balaban J connectivity index is 1.64. The molecule has 1 aliphatic heterocycles. The van der Waals surface area contributed by atoms with Crippen molar-refractivity contribution in [1.82, 2.24) is 0 Å². The standard InChI is InChI=1S/C18H19BrN2O2/c19-16-13-15(6-7-17(16)21-8-10-23-11-9-21)20-18(22)12-14-4-2-1-3-5-14/h1-7,13H,8-12H2,(H,20,22). The van der Waals surface area contributed by atoms with E-state index in [1.165, 1.54) is 0 Å². The van der Waals surface area contributed by atoms with Crippen LogP contribution in [0.25, 0.3) is 0 Å². The number of carbonyl (C=O) groups is 1. The molecule has 3 rings (SSSR count). The lowest BCUT2D eigenvalue weighted by Gasteiger charge is -2.29. The van der Waals surface area contributed by atoms with E-state index in [1.807, 2.05) is 48.5 Å². The molecule has 23 heavy (non-hydrogen) atoms. The smallest absolute Gasteiger partial charge is 0.228 e. The first-order valence-electron chi connectivity index (χ1n) is 7.68. The lowest BCUT2D eigenvalue weighted by atomic mass is 10.1. The lowest BCUT2D eigenvalue weighted by Crippen LogP contribution is -2.36. The van der Waals surface area contributed by atoms with Gasteiger partial charge in [-0.3, -0.25) is 4.79 Å². The van der Waals surface area contributed by atoms with Crippen LogP contribution in [0.4, 0.5) is 11.4 Å². The number of hydrogen-bond donors (Lipinski definition) is 1. The van der Waals surface area contributed by atoms with Crippen LogP contribution in [0.15, 0.2) is 53.0 Å². The number of amides is 1. The summed E-state index contributed by atoms with van der Waals surface area (Å²) in [6.07, 6.45) is 0.379. The van der Waals surface area contributed by atoms with Gasteiger partial charge in [0.2, 0.25) is 5.91 Å². The Labute approximate surface area is 144 Å². The first kappa shape index (κ1) is 16.0. The van der Waals surface area contributed by atoms with Crippen LogP contribution < -0.4 is 10.2 Å². The van der Waals surface area contributed by atoms with Gasteiger partial charge in [-0.15, -0.1) is 0 Å². The van der Waals surface area contributed by atoms with Gasteiger partial charge in [-0.05, 0) is 39.7 Å². The molecule has 1 saturated heterocycles. The first-order valence-corrected chi connectivity index (χ1v) is 8.48. The summed E-state index contributed by atoms with van der Waals surface area (Å²) in [5, 5.41) is 2.95. The van der Waals surface area contributed by atoms with Gasteiger partial charge in [0, 0.05) is 23.2 Å². The van der Waals surface area contributed by atoms with Crippen LogP contribution >= 0.6 is 15.9 Å². The van der Waals surface area contributed by atoms with E-state index in [2.05, 4.69) is 26.1 Å². The molecule has 0 saturated carbocycles. The molecule has 0 bridgehead atoms. The average Bonchev–Trinajstić information content (AvgIpc) is 2.56. The quantitative estimate of drug-likeness (QED) is 0.890. The van der Waals surface area contributed by atoms with Gasteiger partial charge in [0.1, 0.15) is 0 Å². The normalized spacial score (nSPS) is 14.6. The fourth-order valence-electron chi connectivity index (χ4n) is 2.63. The van der Waals surface area contributed by atoms with Gasteiger partial charge < -0.3 is 15.0 Å². The molecule has 0 atom stereocenters. The minimum absolute atomic E-state index is 0.0118. The van der Waals surface area contributed by atoms with Crippen molar-refractivity contribution in [2.75, 3.05) is 36.5 Å². The van der Waals surface area contributed by atoms with Crippen LogP contribution in [0.3, 0.4) is 0 Å². The lowest BCUT2D eigenvalue weighted by molar-refractivity contribution is -0.115. The maximum absolute atomic E-state index is 12.1. The molecule has 2 aromatic carbocycles. The number of rotatable bonds is 4. The molecule has 0 aromatic heterocycles. The van der Waals surface area contributed by atoms with E-state index in [4.69, 9.17) is 4.74 Å². The number of hydrogen-bond acceptors (Lipinski definition) is 3. The van der Waals surface area contributed by atoms with Gasteiger partial charge in [-0.25, -0.2) is 0 Å². The third kappa shape index (κ3) is 4.33. The average molecular weight is 375 g/mol. The Bertz CT molecular complexity index is 670. The summed E-state index contributed by atoms with van der Waals surface area (Å²) in [5.41, 5.74) is 2.94. The zero-order valence-electron chi connectivity index (χ0n) is 12.8. The number of morpholine rings is 1. The predicted molar refractivity (Wildman–Crippen MR) is 95.9 cm³/mol. The fraction of sp³-hybridized carbons (Fsp3) is 0.278. The number of ether oxygens (including phenoxy) is 1. The Hall–Kier alpha value is -1.85. The van der Waals surface area contributed by atoms with Crippen molar-refractivity contribution in [2.24, 2.45) is 0 Å². The van der Waals surface area contributed by atoms with Gasteiger partial charge in [-0.1, -0.05) is 30.3 Å². The van der Waals surface area contributed by atoms with Crippen molar-refractivity contribution >= 4 is 33.2 Å². The highest BCUT2D eigenvalue weighted by Crippen LogP contribution is 2.29. The van der Waals surface area contributed by atoms with E-state index in [0.717, 1.165) is 47.7 Å². The summed E-state index contributed by atoms with van der Waals surface area (Å²) >= 11 is 3.61. The van der Waals surface area contributed by atoms with Crippen molar-refractivity contribution in [3.05, 3.63) is 58.6 Å². The zero-order chi connectivity index (χ0) is 16.1. The number of halogens is 1. The SMILES string of the molecule is O=C(Cc1ccccc1)Nc1ccc(N2CCOCC2)c(Br)c1. The molecule has 4 nitrogen and oxygen atoms in total. The Morgan fingerprint density at radius 3 is 2.57 bits per heavy atom. The van der Waals surface area contributed by atoms with E-state index >= 15 is 0 Å². The molecule has 1 heterocycles. The summed E-state index contributed by atoms with van der Waals surface area (Å²) in [6.45, 7) is 3.28.